The molecule has 0 aromatic rings. The van der Waals surface area contributed by atoms with Crippen molar-refractivity contribution in [2.24, 2.45) is 0 Å². The first-order valence-corrected chi connectivity index (χ1v) is 7.69. The van der Waals surface area contributed by atoms with Gasteiger partial charge in [-0.15, -0.1) is 15.2 Å². The standard InChI is InChI=1S/C8H16.2Na.H2O8S2/c1-3-5-7-8-6-4-2;;;1-9(2,3)7-8-10(4,5)6/h3H,1,4-8H2,2H3;;;(H,1,2,3)(H,4,5,6)/q;2*+1;/p-2. The first-order valence-electron chi connectivity index (χ1n) is 5.02. The van der Waals surface area contributed by atoms with Gasteiger partial charge in [0.05, 0.1) is 0 Å². The molecule has 0 aromatic carbocycles. The van der Waals surface area contributed by atoms with Gasteiger partial charge < -0.3 is 9.11 Å². The Morgan fingerprint density at radius 1 is 0.950 bits per heavy atom. The van der Waals surface area contributed by atoms with E-state index in [2.05, 4.69) is 22.2 Å². The van der Waals surface area contributed by atoms with E-state index in [0.717, 1.165) is 0 Å². The minimum atomic E-state index is -5.31. The molecule has 0 heterocycles. The average Bonchev–Trinajstić information content (AvgIpc) is 2.21. The van der Waals surface area contributed by atoms with Gasteiger partial charge in [-0.3, -0.25) is 0 Å². The number of hydrogen-bond acceptors (Lipinski definition) is 8. The molecule has 0 aliphatic heterocycles. The van der Waals surface area contributed by atoms with Crippen LogP contribution < -0.4 is 59.1 Å². The van der Waals surface area contributed by atoms with Gasteiger partial charge in [0, 0.05) is 0 Å². The van der Waals surface area contributed by atoms with Gasteiger partial charge in [0.25, 0.3) is 0 Å². The van der Waals surface area contributed by atoms with E-state index in [1.807, 2.05) is 6.08 Å². The van der Waals surface area contributed by atoms with E-state index in [1.54, 1.807) is 0 Å². The van der Waals surface area contributed by atoms with Crippen LogP contribution >= 0.6 is 0 Å². The first-order chi connectivity index (χ1) is 8.12. The zero-order valence-corrected chi connectivity index (χ0v) is 17.5. The van der Waals surface area contributed by atoms with Gasteiger partial charge >= 0.3 is 59.1 Å². The van der Waals surface area contributed by atoms with Crippen molar-refractivity contribution in [1.29, 1.82) is 0 Å². The third-order valence-electron chi connectivity index (χ3n) is 1.46. The molecule has 20 heavy (non-hydrogen) atoms. The van der Waals surface area contributed by atoms with E-state index in [-0.39, 0.29) is 59.1 Å². The van der Waals surface area contributed by atoms with Crippen LogP contribution in [0.4, 0.5) is 0 Å². The van der Waals surface area contributed by atoms with E-state index < -0.39 is 20.8 Å². The van der Waals surface area contributed by atoms with Crippen LogP contribution in [0, 0.1) is 0 Å². The van der Waals surface area contributed by atoms with Crippen LogP contribution in [0.2, 0.25) is 0 Å². The Bertz CT molecular complexity index is 374. The average molecular weight is 350 g/mol. The summed E-state index contributed by atoms with van der Waals surface area (Å²) in [5, 5.41) is 0. The molecule has 0 amide bonds. The first kappa shape index (κ1) is 29.5. The van der Waals surface area contributed by atoms with E-state index in [4.69, 9.17) is 0 Å². The molecule has 0 rings (SSSR count). The molecule has 0 fully saturated rings. The molecule has 0 bridgehead atoms. The third kappa shape index (κ3) is 36.6. The maximum atomic E-state index is 9.37. The summed E-state index contributed by atoms with van der Waals surface area (Å²) in [7, 11) is -10.6. The number of allylic oxidation sites excluding steroid dienone is 1. The predicted octanol–water partition coefficient (Wildman–Crippen LogP) is -4.99. The van der Waals surface area contributed by atoms with Gasteiger partial charge in [-0.2, -0.15) is 0 Å². The molecule has 0 spiro atoms. The van der Waals surface area contributed by atoms with Crippen molar-refractivity contribution in [2.75, 3.05) is 0 Å². The van der Waals surface area contributed by atoms with Crippen LogP contribution in [0.3, 0.4) is 0 Å². The molecule has 0 aliphatic rings. The van der Waals surface area contributed by atoms with Gasteiger partial charge in [-0.25, -0.2) is 16.8 Å². The molecule has 0 aromatic heterocycles. The Balaban J connectivity index is -0.000000119. The Labute approximate surface area is 164 Å². The summed E-state index contributed by atoms with van der Waals surface area (Å²) in [4.78, 5) is 0. The molecule has 12 heteroatoms. The smallest absolute Gasteiger partial charge is 0.724 e. The number of unbranched alkanes of at least 4 members (excludes halogenated alkanes) is 4. The fourth-order valence-electron chi connectivity index (χ4n) is 0.783. The van der Waals surface area contributed by atoms with Gasteiger partial charge in [0.15, 0.2) is 0 Å². The van der Waals surface area contributed by atoms with Gasteiger partial charge in [-0.1, -0.05) is 32.3 Å². The summed E-state index contributed by atoms with van der Waals surface area (Å²) in [6, 6.07) is 0. The molecule has 0 radical (unpaired) electrons. The van der Waals surface area contributed by atoms with E-state index in [1.165, 1.54) is 32.1 Å². The topological polar surface area (TPSA) is 133 Å². The quantitative estimate of drug-likeness (QED) is 0.0808. The predicted molar refractivity (Wildman–Crippen MR) is 60.5 cm³/mol. The van der Waals surface area contributed by atoms with E-state index >= 15 is 0 Å². The van der Waals surface area contributed by atoms with Crippen molar-refractivity contribution >= 4 is 20.8 Å². The monoisotopic (exact) mass is 350 g/mol. The fraction of sp³-hybridized carbons (Fsp3) is 0.750. The Morgan fingerprint density at radius 3 is 1.60 bits per heavy atom. The second-order valence-corrected chi connectivity index (χ2v) is 5.00. The second-order valence-electron chi connectivity index (χ2n) is 3.09. The van der Waals surface area contributed by atoms with Crippen LogP contribution in [-0.2, 0) is 29.5 Å². The Kier molecular flexibility index (Phi) is 24.8. The summed E-state index contributed by atoms with van der Waals surface area (Å²) in [5.74, 6) is 0. The molecule has 0 N–H and O–H groups in total. The largest absolute Gasteiger partial charge is 1.00 e. The van der Waals surface area contributed by atoms with Crippen molar-refractivity contribution in [2.45, 2.75) is 39.0 Å². The number of hydrogen-bond donors (Lipinski definition) is 0. The van der Waals surface area contributed by atoms with Crippen LogP contribution in [0.5, 0.6) is 0 Å². The SMILES string of the molecule is C=CCCCCCC.O=S(=O)([O-])OOS(=O)(=O)[O-].[Na+].[Na+]. The molecule has 0 saturated carbocycles. The van der Waals surface area contributed by atoms with Crippen molar-refractivity contribution in [3.05, 3.63) is 12.7 Å². The van der Waals surface area contributed by atoms with Crippen molar-refractivity contribution in [1.82, 2.24) is 0 Å². The zero-order chi connectivity index (χ0) is 14.7. The summed E-state index contributed by atoms with van der Waals surface area (Å²) in [5.41, 5.74) is 0. The summed E-state index contributed by atoms with van der Waals surface area (Å²) in [6.45, 7) is 5.89. The summed E-state index contributed by atoms with van der Waals surface area (Å²) < 4.78 is 61.5. The molecular formula is C8H16Na2O8S2. The van der Waals surface area contributed by atoms with Crippen LogP contribution in [0.15, 0.2) is 12.7 Å². The molecule has 0 unspecified atom stereocenters. The molecule has 8 nitrogen and oxygen atoms in total. The molecule has 110 valence electrons. The van der Waals surface area contributed by atoms with Gasteiger partial charge in [-0.05, 0) is 12.8 Å². The van der Waals surface area contributed by atoms with E-state index in [9.17, 15) is 25.9 Å². The third-order valence-corrected chi connectivity index (χ3v) is 2.01. The molecule has 0 aliphatic carbocycles. The van der Waals surface area contributed by atoms with Gasteiger partial charge in [0.1, 0.15) is 0 Å². The molecule has 0 saturated heterocycles. The van der Waals surface area contributed by atoms with Crippen molar-refractivity contribution in [3.8, 4) is 0 Å². The summed E-state index contributed by atoms with van der Waals surface area (Å²) in [6.07, 6.45) is 8.61. The normalized spacial score (nSPS) is 10.3. The summed E-state index contributed by atoms with van der Waals surface area (Å²) >= 11 is 0. The zero-order valence-electron chi connectivity index (χ0n) is 11.9. The van der Waals surface area contributed by atoms with Gasteiger partial charge in [0.2, 0.25) is 20.8 Å². The maximum absolute atomic E-state index is 9.37. The van der Waals surface area contributed by atoms with Crippen molar-refractivity contribution in [3.63, 3.8) is 0 Å². The Hall–Kier alpha value is 1.48. The molecular weight excluding hydrogens is 334 g/mol. The van der Waals surface area contributed by atoms with Crippen molar-refractivity contribution < 1.29 is 93.7 Å². The minimum absolute atomic E-state index is 0. The van der Waals surface area contributed by atoms with Crippen LogP contribution in [-0.4, -0.2) is 25.9 Å². The second kappa shape index (κ2) is 16.8. The molecule has 0 atom stereocenters. The van der Waals surface area contributed by atoms with Crippen LogP contribution in [0.25, 0.3) is 0 Å². The number of rotatable bonds is 8. The Morgan fingerprint density at radius 2 is 1.35 bits per heavy atom. The maximum Gasteiger partial charge on any atom is 1.00 e. The fourth-order valence-corrected chi connectivity index (χ4v) is 1.33. The van der Waals surface area contributed by atoms with E-state index in [0.29, 0.717) is 0 Å². The minimum Gasteiger partial charge on any atom is -0.724 e. The van der Waals surface area contributed by atoms with Crippen LogP contribution in [0.1, 0.15) is 39.0 Å².